The molecule has 0 aromatic heterocycles. The normalized spacial score (nSPS) is 11.7. The fraction of sp³-hybridized carbons (Fsp3) is 0.263. The summed E-state index contributed by atoms with van der Waals surface area (Å²) >= 11 is 0. The van der Waals surface area contributed by atoms with Crippen LogP contribution in [-0.2, 0) is 4.79 Å². The highest BCUT2D eigenvalue weighted by atomic mass is 19.2. The second-order valence-corrected chi connectivity index (χ2v) is 6.23. The van der Waals surface area contributed by atoms with Gasteiger partial charge in [-0.1, -0.05) is 0 Å². The van der Waals surface area contributed by atoms with Gasteiger partial charge in [0.25, 0.3) is 11.8 Å². The third kappa shape index (κ3) is 5.10. The largest absolute Gasteiger partial charge is 0.345 e. The van der Waals surface area contributed by atoms with Crippen molar-refractivity contribution in [1.82, 2.24) is 4.90 Å². The lowest BCUT2D eigenvalue weighted by molar-refractivity contribution is -0.682. The molecule has 2 rings (SSSR count). The maximum absolute atomic E-state index is 13.3. The zero-order valence-corrected chi connectivity index (χ0v) is 14.9. The Morgan fingerprint density at radius 2 is 1.73 bits per heavy atom. The molecule has 2 aromatic rings. The molecule has 0 unspecified atom stereocenters. The summed E-state index contributed by atoms with van der Waals surface area (Å²) in [6.07, 6.45) is 0. The van der Waals surface area contributed by atoms with E-state index >= 15 is 0 Å². The molecule has 0 heterocycles. The Kier molecular flexibility index (Phi) is 6.41. The molecular weight excluding hydrogens is 340 g/mol. The molecule has 26 heavy (non-hydrogen) atoms. The van der Waals surface area contributed by atoms with Crippen LogP contribution in [0, 0.1) is 11.6 Å². The number of hydrogen-bond acceptors (Lipinski definition) is 2. The Bertz CT molecular complexity index is 792. The zero-order chi connectivity index (χ0) is 19.3. The van der Waals surface area contributed by atoms with Gasteiger partial charge >= 0.3 is 0 Å². The van der Waals surface area contributed by atoms with Crippen molar-refractivity contribution >= 4 is 17.5 Å². The summed E-state index contributed by atoms with van der Waals surface area (Å²) < 4.78 is 26.2. The molecule has 0 aliphatic rings. The molecule has 0 radical (unpaired) electrons. The summed E-state index contributed by atoms with van der Waals surface area (Å²) in [5.74, 6) is -2.14. The van der Waals surface area contributed by atoms with Crippen LogP contribution >= 0.6 is 0 Å². The molecule has 0 spiro atoms. The highest BCUT2D eigenvalue weighted by molar-refractivity contribution is 5.95. The lowest BCUT2D eigenvalue weighted by atomic mass is 10.1. The Morgan fingerprint density at radius 3 is 2.31 bits per heavy atom. The predicted molar refractivity (Wildman–Crippen MR) is 94.7 cm³/mol. The minimum atomic E-state index is -0.903. The zero-order valence-electron chi connectivity index (χ0n) is 14.9. The van der Waals surface area contributed by atoms with Crippen LogP contribution in [0.15, 0.2) is 42.5 Å². The second kappa shape index (κ2) is 8.53. The van der Waals surface area contributed by atoms with E-state index in [1.165, 1.54) is 11.0 Å². The van der Waals surface area contributed by atoms with Gasteiger partial charge in [-0.2, -0.15) is 0 Å². The quantitative estimate of drug-likeness (QED) is 0.825. The fourth-order valence-electron chi connectivity index (χ4n) is 2.38. The number of carbonyl (C=O) groups excluding carboxylic acids is 2. The first-order valence-electron chi connectivity index (χ1n) is 8.17. The Labute approximate surface area is 151 Å². The number of nitrogens with two attached hydrogens (primary N) is 1. The molecule has 0 aliphatic carbocycles. The molecule has 5 nitrogen and oxygen atoms in total. The van der Waals surface area contributed by atoms with Gasteiger partial charge in [-0.3, -0.25) is 9.59 Å². The summed E-state index contributed by atoms with van der Waals surface area (Å²) in [5, 5.41) is 4.46. The van der Waals surface area contributed by atoms with E-state index in [4.69, 9.17) is 0 Å². The highest BCUT2D eigenvalue weighted by Gasteiger charge is 2.14. The van der Waals surface area contributed by atoms with E-state index in [0.717, 1.165) is 12.1 Å². The van der Waals surface area contributed by atoms with Crippen LogP contribution in [0.4, 0.5) is 14.5 Å². The third-order valence-corrected chi connectivity index (χ3v) is 3.95. The van der Waals surface area contributed by atoms with Crippen LogP contribution in [0.3, 0.4) is 0 Å². The van der Waals surface area contributed by atoms with E-state index in [9.17, 15) is 18.4 Å². The van der Waals surface area contributed by atoms with E-state index in [-0.39, 0.29) is 24.4 Å². The molecule has 2 amide bonds. The monoisotopic (exact) mass is 362 g/mol. The van der Waals surface area contributed by atoms with Crippen LogP contribution in [0.5, 0.6) is 0 Å². The van der Waals surface area contributed by atoms with Gasteiger partial charge in [0.05, 0.1) is 0 Å². The Balaban J connectivity index is 1.88. The third-order valence-electron chi connectivity index (χ3n) is 3.95. The number of anilines is 1. The average Bonchev–Trinajstić information content (AvgIpc) is 2.62. The summed E-state index contributed by atoms with van der Waals surface area (Å²) in [6, 6.07) is 10.1. The highest BCUT2D eigenvalue weighted by Crippen LogP contribution is 2.13. The summed E-state index contributed by atoms with van der Waals surface area (Å²) in [6.45, 7) is 1.93. The maximum atomic E-state index is 13.3. The van der Waals surface area contributed by atoms with E-state index in [1.54, 1.807) is 43.7 Å². The molecule has 7 heteroatoms. The van der Waals surface area contributed by atoms with Crippen molar-refractivity contribution in [3.05, 3.63) is 65.2 Å². The number of quaternary nitrogens is 1. The molecule has 2 aromatic carbocycles. The molecule has 0 saturated carbocycles. The lowest BCUT2D eigenvalue weighted by Crippen LogP contribution is -2.86. The van der Waals surface area contributed by atoms with E-state index in [2.05, 4.69) is 5.32 Å². The first-order valence-corrected chi connectivity index (χ1v) is 8.17. The van der Waals surface area contributed by atoms with Crippen LogP contribution in [0.2, 0.25) is 0 Å². The Hall–Kier alpha value is -2.80. The fourth-order valence-corrected chi connectivity index (χ4v) is 2.38. The van der Waals surface area contributed by atoms with Crippen LogP contribution < -0.4 is 10.6 Å². The maximum Gasteiger partial charge on any atom is 0.279 e. The van der Waals surface area contributed by atoms with E-state index < -0.39 is 11.6 Å². The number of rotatable bonds is 6. The van der Waals surface area contributed by atoms with Crippen molar-refractivity contribution < 1.29 is 23.7 Å². The number of nitrogens with zero attached hydrogens (tertiary/aromatic N) is 1. The average molecular weight is 362 g/mol. The first-order chi connectivity index (χ1) is 12.3. The van der Waals surface area contributed by atoms with Gasteiger partial charge in [0.1, 0.15) is 6.04 Å². The molecular formula is C19H22F2N3O2+. The van der Waals surface area contributed by atoms with Crippen LogP contribution in [-0.4, -0.2) is 37.4 Å². The molecule has 0 bridgehead atoms. The van der Waals surface area contributed by atoms with Crippen molar-refractivity contribution in [3.63, 3.8) is 0 Å². The van der Waals surface area contributed by atoms with Crippen molar-refractivity contribution in [2.45, 2.75) is 13.0 Å². The molecule has 0 fully saturated rings. The number of carbonyl (C=O) groups is 2. The number of amides is 2. The van der Waals surface area contributed by atoms with Gasteiger partial charge < -0.3 is 15.5 Å². The minimum Gasteiger partial charge on any atom is -0.345 e. The molecule has 0 saturated heterocycles. The SMILES string of the molecule is C[C@H]([NH2+]CC(=O)Nc1ccc(C(=O)N(C)C)cc1)c1ccc(F)c(F)c1. The first kappa shape index (κ1) is 19.5. The van der Waals surface area contributed by atoms with Gasteiger partial charge in [0.15, 0.2) is 18.2 Å². The van der Waals surface area contributed by atoms with Crippen molar-refractivity contribution in [1.29, 1.82) is 0 Å². The molecule has 1 atom stereocenters. The summed E-state index contributed by atoms with van der Waals surface area (Å²) in [7, 11) is 3.34. The molecule has 138 valence electrons. The van der Waals surface area contributed by atoms with Crippen molar-refractivity contribution in [3.8, 4) is 0 Å². The summed E-state index contributed by atoms with van der Waals surface area (Å²) in [5.41, 5.74) is 1.72. The van der Waals surface area contributed by atoms with Gasteiger partial charge in [0.2, 0.25) is 0 Å². The lowest BCUT2D eigenvalue weighted by Gasteiger charge is -2.12. The Morgan fingerprint density at radius 1 is 1.08 bits per heavy atom. The van der Waals surface area contributed by atoms with E-state index in [0.29, 0.717) is 16.8 Å². The standard InChI is InChI=1S/C19H21F2N3O2/c1-12(14-6-9-16(20)17(21)10-14)22-11-18(25)23-15-7-4-13(5-8-15)19(26)24(2)3/h4-10,12,22H,11H2,1-3H3,(H,23,25)/p+1/t12-/m0/s1. The van der Waals surface area contributed by atoms with Crippen molar-refractivity contribution in [2.24, 2.45) is 0 Å². The van der Waals surface area contributed by atoms with Crippen molar-refractivity contribution in [2.75, 3.05) is 26.0 Å². The van der Waals surface area contributed by atoms with Crippen LogP contribution in [0.1, 0.15) is 28.9 Å². The number of nitrogens with one attached hydrogen (secondary N) is 1. The number of benzene rings is 2. The van der Waals surface area contributed by atoms with E-state index in [1.807, 2.05) is 6.92 Å². The molecule has 3 N–H and O–H groups in total. The molecule has 0 aliphatic heterocycles. The topological polar surface area (TPSA) is 66.0 Å². The number of hydrogen-bond donors (Lipinski definition) is 2. The number of halogens is 2. The summed E-state index contributed by atoms with van der Waals surface area (Å²) in [4.78, 5) is 25.3. The van der Waals surface area contributed by atoms with Crippen LogP contribution in [0.25, 0.3) is 0 Å². The van der Waals surface area contributed by atoms with Gasteiger partial charge in [-0.25, -0.2) is 8.78 Å². The second-order valence-electron chi connectivity index (χ2n) is 6.23. The van der Waals surface area contributed by atoms with Gasteiger partial charge in [-0.15, -0.1) is 0 Å². The van der Waals surface area contributed by atoms with Gasteiger partial charge in [-0.05, 0) is 49.4 Å². The smallest absolute Gasteiger partial charge is 0.279 e. The minimum absolute atomic E-state index is 0.114. The predicted octanol–water partition coefficient (Wildman–Crippen LogP) is 1.93. The van der Waals surface area contributed by atoms with Gasteiger partial charge in [0, 0.05) is 30.9 Å².